The van der Waals surface area contributed by atoms with Crippen LogP contribution in [0.3, 0.4) is 0 Å². The summed E-state index contributed by atoms with van der Waals surface area (Å²) in [5, 5.41) is 19.8. The molecule has 3 aromatic heterocycles. The summed E-state index contributed by atoms with van der Waals surface area (Å²) in [6.45, 7) is 0.385. The Labute approximate surface area is 201 Å². The Balaban J connectivity index is 1.34. The summed E-state index contributed by atoms with van der Waals surface area (Å²) in [6, 6.07) is 19.5. The number of fused-ring (bicyclic) bond motifs is 1. The zero-order valence-corrected chi connectivity index (χ0v) is 19.0. The van der Waals surface area contributed by atoms with Gasteiger partial charge in [-0.2, -0.15) is 10.4 Å². The van der Waals surface area contributed by atoms with Crippen LogP contribution < -0.4 is 5.32 Å². The molecular weight excluding hydrogens is 440 g/mol. The lowest BCUT2D eigenvalue weighted by Crippen LogP contribution is -2.27. The van der Waals surface area contributed by atoms with E-state index in [9.17, 15) is 4.79 Å². The van der Waals surface area contributed by atoms with Crippen molar-refractivity contribution in [3.63, 3.8) is 0 Å². The summed E-state index contributed by atoms with van der Waals surface area (Å²) < 4.78 is 0. The lowest BCUT2D eigenvalue weighted by molar-refractivity contribution is 0.0793. The van der Waals surface area contributed by atoms with Crippen LogP contribution in [0, 0.1) is 11.3 Å². The van der Waals surface area contributed by atoms with Crippen LogP contribution in [-0.4, -0.2) is 49.5 Å². The van der Waals surface area contributed by atoms with Crippen molar-refractivity contribution >= 4 is 28.3 Å². The molecule has 2 aromatic carbocycles. The van der Waals surface area contributed by atoms with E-state index in [0.29, 0.717) is 30.3 Å². The molecule has 9 nitrogen and oxygen atoms in total. The highest BCUT2D eigenvalue weighted by molar-refractivity contribution is 5.98. The van der Waals surface area contributed by atoms with Gasteiger partial charge in [0.15, 0.2) is 5.82 Å². The van der Waals surface area contributed by atoms with E-state index in [2.05, 4.69) is 36.5 Å². The summed E-state index contributed by atoms with van der Waals surface area (Å²) >= 11 is 0. The molecular formula is C26H22N8O. The molecule has 0 aliphatic rings. The van der Waals surface area contributed by atoms with Crippen molar-refractivity contribution in [1.29, 1.82) is 5.26 Å². The van der Waals surface area contributed by atoms with Gasteiger partial charge in [0, 0.05) is 53.7 Å². The molecule has 0 unspecified atom stereocenters. The third kappa shape index (κ3) is 4.72. The minimum atomic E-state index is -0.153. The SMILES string of the molecule is CN(CCC#N)C(=O)c1cc2ccc(-c3nccc(Nc4ccc(-c5cn[nH]c5)cc4)n3)cc2[nH]1. The first-order valence-corrected chi connectivity index (χ1v) is 11.1. The maximum atomic E-state index is 12.6. The number of aromatic nitrogens is 5. The van der Waals surface area contributed by atoms with Crippen molar-refractivity contribution in [3.8, 4) is 28.6 Å². The molecule has 0 spiro atoms. The fourth-order valence-electron chi connectivity index (χ4n) is 3.78. The summed E-state index contributed by atoms with van der Waals surface area (Å²) in [7, 11) is 1.69. The van der Waals surface area contributed by atoms with E-state index in [1.165, 1.54) is 4.90 Å². The van der Waals surface area contributed by atoms with Crippen molar-refractivity contribution in [1.82, 2.24) is 30.0 Å². The fourth-order valence-corrected chi connectivity index (χ4v) is 3.78. The van der Waals surface area contributed by atoms with E-state index in [4.69, 9.17) is 5.26 Å². The molecule has 5 rings (SSSR count). The number of nitrogens with one attached hydrogen (secondary N) is 3. The number of carbonyl (C=O) groups is 1. The number of nitriles is 1. The van der Waals surface area contributed by atoms with Gasteiger partial charge in [-0.25, -0.2) is 9.97 Å². The summed E-state index contributed by atoms with van der Waals surface area (Å²) in [4.78, 5) is 26.4. The van der Waals surface area contributed by atoms with Crippen LogP contribution in [-0.2, 0) is 0 Å². The third-order valence-electron chi connectivity index (χ3n) is 5.66. The lowest BCUT2D eigenvalue weighted by Gasteiger charge is -2.13. The second-order valence-corrected chi connectivity index (χ2v) is 8.07. The number of benzene rings is 2. The number of aromatic amines is 2. The zero-order chi connectivity index (χ0) is 24.2. The molecule has 0 fully saturated rings. The first-order chi connectivity index (χ1) is 17.1. The molecule has 9 heteroatoms. The second kappa shape index (κ2) is 9.49. The van der Waals surface area contributed by atoms with Crippen LogP contribution in [0.4, 0.5) is 11.5 Å². The molecule has 0 aliphatic heterocycles. The highest BCUT2D eigenvalue weighted by Gasteiger charge is 2.15. The smallest absolute Gasteiger partial charge is 0.270 e. The Morgan fingerprint density at radius 3 is 2.69 bits per heavy atom. The highest BCUT2D eigenvalue weighted by atomic mass is 16.2. The monoisotopic (exact) mass is 462 g/mol. The van der Waals surface area contributed by atoms with E-state index in [0.717, 1.165) is 33.3 Å². The normalized spacial score (nSPS) is 10.7. The Kier molecular flexibility index (Phi) is 5.92. The van der Waals surface area contributed by atoms with E-state index in [1.807, 2.05) is 60.8 Å². The van der Waals surface area contributed by atoms with Crippen LogP contribution in [0.5, 0.6) is 0 Å². The summed E-state index contributed by atoms with van der Waals surface area (Å²) in [5.41, 5.74) is 5.13. The standard InChI is InChI=1S/C26H22N8O/c1-34(12-2-10-27)26(35)23-13-18-3-4-19(14-22(18)32-23)25-28-11-9-24(33-25)31-21-7-5-17(6-8-21)20-15-29-30-16-20/h3-9,11,13-16,32H,2,12H2,1H3,(H,29,30)(H,28,31,33). The maximum absolute atomic E-state index is 12.6. The average molecular weight is 463 g/mol. The van der Waals surface area contributed by atoms with Crippen molar-refractivity contribution in [2.75, 3.05) is 18.9 Å². The van der Waals surface area contributed by atoms with Crippen molar-refractivity contribution in [2.24, 2.45) is 0 Å². The first kappa shape index (κ1) is 21.9. The zero-order valence-electron chi connectivity index (χ0n) is 19.0. The van der Waals surface area contributed by atoms with Gasteiger partial charge < -0.3 is 15.2 Å². The number of hydrogen-bond donors (Lipinski definition) is 3. The minimum Gasteiger partial charge on any atom is -0.351 e. The summed E-state index contributed by atoms with van der Waals surface area (Å²) in [6.07, 6.45) is 5.64. The van der Waals surface area contributed by atoms with Crippen molar-refractivity contribution in [3.05, 3.63) is 78.9 Å². The van der Waals surface area contributed by atoms with Gasteiger partial charge in [0.1, 0.15) is 11.5 Å². The molecule has 0 radical (unpaired) electrons. The minimum absolute atomic E-state index is 0.153. The number of amides is 1. The molecule has 0 bridgehead atoms. The van der Waals surface area contributed by atoms with Crippen LogP contribution in [0.25, 0.3) is 33.4 Å². The quantitative estimate of drug-likeness (QED) is 0.321. The van der Waals surface area contributed by atoms with Gasteiger partial charge in [-0.15, -0.1) is 0 Å². The molecule has 0 aliphatic carbocycles. The first-order valence-electron chi connectivity index (χ1n) is 11.1. The molecule has 0 atom stereocenters. The van der Waals surface area contributed by atoms with E-state index < -0.39 is 0 Å². The number of H-pyrrole nitrogens is 2. The third-order valence-corrected chi connectivity index (χ3v) is 5.66. The van der Waals surface area contributed by atoms with Gasteiger partial charge in [-0.3, -0.25) is 9.89 Å². The van der Waals surface area contributed by atoms with Crippen LogP contribution in [0.1, 0.15) is 16.9 Å². The molecule has 0 saturated carbocycles. The molecule has 3 heterocycles. The molecule has 5 aromatic rings. The number of rotatable bonds is 7. The predicted molar refractivity (Wildman–Crippen MR) is 134 cm³/mol. The lowest BCUT2D eigenvalue weighted by atomic mass is 10.1. The molecule has 0 saturated heterocycles. The Morgan fingerprint density at radius 2 is 1.91 bits per heavy atom. The molecule has 35 heavy (non-hydrogen) atoms. The Bertz CT molecular complexity index is 1510. The van der Waals surface area contributed by atoms with Crippen LogP contribution in [0.2, 0.25) is 0 Å². The van der Waals surface area contributed by atoms with Gasteiger partial charge in [0.2, 0.25) is 0 Å². The van der Waals surface area contributed by atoms with Crippen LogP contribution >= 0.6 is 0 Å². The second-order valence-electron chi connectivity index (χ2n) is 8.07. The van der Waals surface area contributed by atoms with Gasteiger partial charge in [-0.05, 0) is 35.9 Å². The fraction of sp³-hybridized carbons (Fsp3) is 0.115. The highest BCUT2D eigenvalue weighted by Crippen LogP contribution is 2.25. The number of anilines is 2. The van der Waals surface area contributed by atoms with E-state index >= 15 is 0 Å². The van der Waals surface area contributed by atoms with Gasteiger partial charge in [0.05, 0.1) is 18.7 Å². The van der Waals surface area contributed by atoms with Gasteiger partial charge in [-0.1, -0.05) is 24.3 Å². The van der Waals surface area contributed by atoms with E-state index in [1.54, 1.807) is 19.4 Å². The van der Waals surface area contributed by atoms with Gasteiger partial charge >= 0.3 is 0 Å². The number of nitrogens with zero attached hydrogens (tertiary/aromatic N) is 5. The predicted octanol–water partition coefficient (Wildman–Crippen LogP) is 4.74. The van der Waals surface area contributed by atoms with Crippen molar-refractivity contribution in [2.45, 2.75) is 6.42 Å². The van der Waals surface area contributed by atoms with Gasteiger partial charge in [0.25, 0.3) is 5.91 Å². The average Bonchev–Trinajstić information content (AvgIpc) is 3.57. The topological polar surface area (TPSA) is 126 Å². The maximum Gasteiger partial charge on any atom is 0.270 e. The number of hydrogen-bond acceptors (Lipinski definition) is 6. The van der Waals surface area contributed by atoms with Crippen LogP contribution in [0.15, 0.2) is 73.2 Å². The molecule has 1 amide bonds. The number of carbonyl (C=O) groups excluding carboxylic acids is 1. The molecule has 3 N–H and O–H groups in total. The largest absolute Gasteiger partial charge is 0.351 e. The molecule has 172 valence electrons. The van der Waals surface area contributed by atoms with Crippen molar-refractivity contribution < 1.29 is 4.79 Å². The Hall–Kier alpha value is -4.97. The Morgan fingerprint density at radius 1 is 1.09 bits per heavy atom. The summed E-state index contributed by atoms with van der Waals surface area (Å²) in [5.74, 6) is 1.09. The van der Waals surface area contributed by atoms with E-state index in [-0.39, 0.29) is 5.91 Å².